The molecule has 2 N–H and O–H groups in total. The summed E-state index contributed by atoms with van der Waals surface area (Å²) in [5.74, 6) is 0.322. The second kappa shape index (κ2) is 9.70. The number of aromatic nitrogens is 2. The van der Waals surface area contributed by atoms with Gasteiger partial charge in [0.05, 0.1) is 35.3 Å². The molecule has 0 saturated carbocycles. The SMILES string of the molecule is COc1ccc(-c2[nH]n(-c3ccccc3)c(=O)c2/C(C)=N/NC(=O)c2ccccc2Br)cc1. The Morgan fingerprint density at radius 2 is 1.67 bits per heavy atom. The molecule has 4 aromatic rings. The van der Waals surface area contributed by atoms with Crippen molar-refractivity contribution in [2.75, 3.05) is 7.11 Å². The lowest BCUT2D eigenvalue weighted by Crippen LogP contribution is -2.23. The molecule has 1 amide bonds. The summed E-state index contributed by atoms with van der Waals surface area (Å²) in [7, 11) is 1.60. The fourth-order valence-electron chi connectivity index (χ4n) is 3.39. The van der Waals surface area contributed by atoms with E-state index in [0.29, 0.717) is 38.4 Å². The highest BCUT2D eigenvalue weighted by Gasteiger charge is 2.20. The molecule has 0 radical (unpaired) electrons. The molecular weight excluding hydrogens is 484 g/mol. The van der Waals surface area contributed by atoms with Gasteiger partial charge in [0.25, 0.3) is 11.5 Å². The summed E-state index contributed by atoms with van der Waals surface area (Å²) in [4.78, 5) is 26.0. The molecule has 3 aromatic carbocycles. The number of hydrogen-bond donors (Lipinski definition) is 2. The largest absolute Gasteiger partial charge is 0.497 e. The highest BCUT2D eigenvalue weighted by molar-refractivity contribution is 9.10. The summed E-state index contributed by atoms with van der Waals surface area (Å²) in [6.45, 7) is 1.69. The molecule has 4 rings (SSSR count). The highest BCUT2D eigenvalue weighted by atomic mass is 79.9. The monoisotopic (exact) mass is 504 g/mol. The van der Waals surface area contributed by atoms with Crippen LogP contribution in [0.25, 0.3) is 16.9 Å². The van der Waals surface area contributed by atoms with Gasteiger partial charge >= 0.3 is 0 Å². The number of nitrogens with one attached hydrogen (secondary N) is 2. The number of H-pyrrole nitrogens is 1. The summed E-state index contributed by atoms with van der Waals surface area (Å²) >= 11 is 3.37. The Balaban J connectivity index is 1.77. The van der Waals surface area contributed by atoms with Gasteiger partial charge in [-0.25, -0.2) is 10.1 Å². The van der Waals surface area contributed by atoms with Gasteiger partial charge in [0.2, 0.25) is 0 Å². The lowest BCUT2D eigenvalue weighted by molar-refractivity contribution is 0.0954. The van der Waals surface area contributed by atoms with Gasteiger partial charge in [0.1, 0.15) is 5.75 Å². The van der Waals surface area contributed by atoms with E-state index >= 15 is 0 Å². The minimum Gasteiger partial charge on any atom is -0.497 e. The van der Waals surface area contributed by atoms with E-state index in [2.05, 4.69) is 31.6 Å². The Hall–Kier alpha value is -3.91. The van der Waals surface area contributed by atoms with Crippen LogP contribution in [0, 0.1) is 0 Å². The van der Waals surface area contributed by atoms with E-state index in [-0.39, 0.29) is 11.5 Å². The van der Waals surface area contributed by atoms with Gasteiger partial charge in [-0.3, -0.25) is 14.7 Å². The third kappa shape index (κ3) is 4.65. The predicted octanol–water partition coefficient (Wildman–Crippen LogP) is 4.76. The number of nitrogens with zero attached hydrogens (tertiary/aromatic N) is 2. The molecule has 0 aliphatic heterocycles. The fourth-order valence-corrected chi connectivity index (χ4v) is 3.86. The number of amides is 1. The molecule has 1 aromatic heterocycles. The van der Waals surface area contributed by atoms with Crippen molar-refractivity contribution in [3.63, 3.8) is 0 Å². The third-order valence-corrected chi connectivity index (χ3v) is 5.78. The van der Waals surface area contributed by atoms with Crippen LogP contribution in [0.15, 0.2) is 93.2 Å². The average Bonchev–Trinajstić information content (AvgIpc) is 3.20. The number of hydrazone groups is 1. The van der Waals surface area contributed by atoms with Crippen molar-refractivity contribution >= 4 is 27.5 Å². The number of benzene rings is 3. The molecule has 1 heterocycles. The van der Waals surface area contributed by atoms with E-state index in [1.165, 1.54) is 4.68 Å². The molecule has 0 bridgehead atoms. The first kappa shape index (κ1) is 22.3. The van der Waals surface area contributed by atoms with E-state index in [0.717, 1.165) is 5.56 Å². The number of methoxy groups -OCH3 is 1. The van der Waals surface area contributed by atoms with Crippen molar-refractivity contribution in [1.82, 2.24) is 15.2 Å². The normalized spacial score (nSPS) is 11.3. The van der Waals surface area contributed by atoms with Crippen molar-refractivity contribution in [3.05, 3.63) is 105 Å². The summed E-state index contributed by atoms with van der Waals surface area (Å²) in [6, 6.07) is 23.7. The Labute approximate surface area is 198 Å². The van der Waals surface area contributed by atoms with Gasteiger partial charge in [-0.2, -0.15) is 5.10 Å². The number of halogens is 1. The topological polar surface area (TPSA) is 88.5 Å². The van der Waals surface area contributed by atoms with E-state index in [1.54, 1.807) is 32.2 Å². The minimum absolute atomic E-state index is 0.275. The number of aromatic amines is 1. The van der Waals surface area contributed by atoms with E-state index < -0.39 is 0 Å². The molecular formula is C25H21BrN4O3. The summed E-state index contributed by atoms with van der Waals surface area (Å²) in [5, 5.41) is 7.43. The molecule has 0 aliphatic rings. The molecule has 0 fully saturated rings. The molecule has 0 spiro atoms. The van der Waals surface area contributed by atoms with Gasteiger partial charge in [0, 0.05) is 10.0 Å². The second-order valence-corrected chi connectivity index (χ2v) is 8.04. The second-order valence-electron chi connectivity index (χ2n) is 7.18. The van der Waals surface area contributed by atoms with Crippen molar-refractivity contribution in [2.24, 2.45) is 5.10 Å². The first-order valence-corrected chi connectivity index (χ1v) is 10.9. The number of hydrogen-bond acceptors (Lipinski definition) is 4. The van der Waals surface area contributed by atoms with E-state index in [1.807, 2.05) is 60.7 Å². The zero-order chi connectivity index (χ0) is 23.4. The summed E-state index contributed by atoms with van der Waals surface area (Å²) in [5.41, 5.74) is 5.50. The van der Waals surface area contributed by atoms with Crippen LogP contribution in [0.2, 0.25) is 0 Å². The van der Waals surface area contributed by atoms with Crippen LogP contribution in [0.1, 0.15) is 22.8 Å². The van der Waals surface area contributed by atoms with Gasteiger partial charge in [-0.1, -0.05) is 30.3 Å². The average molecular weight is 505 g/mol. The van der Waals surface area contributed by atoms with Gasteiger partial charge in [-0.05, 0) is 71.4 Å². The summed E-state index contributed by atoms with van der Waals surface area (Å²) in [6.07, 6.45) is 0. The summed E-state index contributed by atoms with van der Waals surface area (Å²) < 4.78 is 7.36. The van der Waals surface area contributed by atoms with Crippen LogP contribution in [0.5, 0.6) is 5.75 Å². The standard InChI is InChI=1S/C25H21BrN4O3/c1-16(27-28-24(31)20-10-6-7-11-21(20)26)22-23(17-12-14-19(33-2)15-13-17)29-30(25(22)32)18-8-4-3-5-9-18/h3-15,29H,1-2H3,(H,28,31)/b27-16+. The molecule has 7 nitrogen and oxygen atoms in total. The van der Waals surface area contributed by atoms with Crippen LogP contribution in [0.3, 0.4) is 0 Å². The van der Waals surface area contributed by atoms with Gasteiger partial charge in [-0.15, -0.1) is 0 Å². The van der Waals surface area contributed by atoms with E-state index in [4.69, 9.17) is 4.74 Å². The first-order valence-electron chi connectivity index (χ1n) is 10.1. The maximum atomic E-state index is 13.4. The Morgan fingerprint density at radius 1 is 1.00 bits per heavy atom. The number of rotatable bonds is 6. The fraction of sp³-hybridized carbons (Fsp3) is 0.0800. The number of ether oxygens (including phenoxy) is 1. The number of para-hydroxylation sites is 1. The van der Waals surface area contributed by atoms with Crippen LogP contribution in [0.4, 0.5) is 0 Å². The van der Waals surface area contributed by atoms with Crippen LogP contribution in [-0.4, -0.2) is 28.5 Å². The van der Waals surface area contributed by atoms with E-state index in [9.17, 15) is 9.59 Å². The lowest BCUT2D eigenvalue weighted by atomic mass is 10.1. The molecule has 0 atom stereocenters. The molecule has 0 unspecified atom stereocenters. The number of carbonyl (C=O) groups excluding carboxylic acids is 1. The molecule has 166 valence electrons. The van der Waals surface area contributed by atoms with Gasteiger partial charge in [0.15, 0.2) is 0 Å². The quantitative estimate of drug-likeness (QED) is 0.293. The smallest absolute Gasteiger partial charge is 0.281 e. The lowest BCUT2D eigenvalue weighted by Gasteiger charge is -2.06. The maximum absolute atomic E-state index is 13.4. The maximum Gasteiger partial charge on any atom is 0.281 e. The Morgan fingerprint density at radius 3 is 2.33 bits per heavy atom. The van der Waals surface area contributed by atoms with Crippen molar-refractivity contribution in [2.45, 2.75) is 6.92 Å². The molecule has 33 heavy (non-hydrogen) atoms. The van der Waals surface area contributed by atoms with Crippen molar-refractivity contribution in [3.8, 4) is 22.7 Å². The molecule has 8 heteroatoms. The molecule has 0 saturated heterocycles. The van der Waals surface area contributed by atoms with Crippen molar-refractivity contribution in [1.29, 1.82) is 0 Å². The highest BCUT2D eigenvalue weighted by Crippen LogP contribution is 2.24. The number of carbonyl (C=O) groups is 1. The molecule has 0 aliphatic carbocycles. The minimum atomic E-state index is -0.383. The third-order valence-electron chi connectivity index (χ3n) is 5.09. The van der Waals surface area contributed by atoms with Gasteiger partial charge < -0.3 is 4.74 Å². The first-order chi connectivity index (χ1) is 16.0. The van der Waals surface area contributed by atoms with Crippen LogP contribution < -0.4 is 15.7 Å². The Kier molecular flexibility index (Phi) is 6.55. The Bertz CT molecular complexity index is 1370. The predicted molar refractivity (Wildman–Crippen MR) is 132 cm³/mol. The van der Waals surface area contributed by atoms with Crippen LogP contribution in [-0.2, 0) is 0 Å². The van der Waals surface area contributed by atoms with Crippen LogP contribution >= 0.6 is 15.9 Å². The van der Waals surface area contributed by atoms with Crippen molar-refractivity contribution < 1.29 is 9.53 Å². The zero-order valence-corrected chi connectivity index (χ0v) is 19.6. The zero-order valence-electron chi connectivity index (χ0n) is 18.0.